The van der Waals surface area contributed by atoms with Crippen molar-refractivity contribution >= 4 is 17.7 Å². The van der Waals surface area contributed by atoms with Crippen LogP contribution >= 0.6 is 0 Å². The van der Waals surface area contributed by atoms with Crippen LogP contribution in [0.4, 0.5) is 4.79 Å². The third-order valence-corrected chi connectivity index (χ3v) is 5.16. The first-order valence-corrected chi connectivity index (χ1v) is 8.86. The molecule has 3 amide bonds. The molecule has 2 aliphatic heterocycles. The average Bonchev–Trinajstić information content (AvgIpc) is 3.26. The van der Waals surface area contributed by atoms with Gasteiger partial charge >= 0.3 is 6.03 Å². The first kappa shape index (κ1) is 17.7. The van der Waals surface area contributed by atoms with Crippen molar-refractivity contribution in [3.8, 4) is 11.8 Å². The van der Waals surface area contributed by atoms with Gasteiger partial charge < -0.3 is 10.1 Å². The normalized spacial score (nSPS) is 20.4. The molecule has 2 aromatic rings. The summed E-state index contributed by atoms with van der Waals surface area (Å²) in [6.07, 6.45) is 0.729. The first-order chi connectivity index (χ1) is 13.4. The molecule has 0 radical (unpaired) electrons. The maximum atomic E-state index is 13.0. The minimum atomic E-state index is -1.32. The lowest BCUT2D eigenvalue weighted by Crippen LogP contribution is -2.41. The van der Waals surface area contributed by atoms with Gasteiger partial charge in [0.1, 0.15) is 11.3 Å². The summed E-state index contributed by atoms with van der Waals surface area (Å²) in [5.41, 5.74) is 0.937. The number of nitriles is 1. The average molecular weight is 375 g/mol. The van der Waals surface area contributed by atoms with Crippen molar-refractivity contribution in [1.29, 1.82) is 5.26 Å². The smallest absolute Gasteiger partial charge is 0.325 e. The molecule has 2 aliphatic rings. The minimum Gasteiger partial charge on any atom is -0.493 e. The van der Waals surface area contributed by atoms with Crippen LogP contribution in [0.1, 0.15) is 34.0 Å². The maximum absolute atomic E-state index is 13.0. The molecular formula is C21H17N3O4. The van der Waals surface area contributed by atoms with Crippen molar-refractivity contribution in [2.24, 2.45) is 0 Å². The van der Waals surface area contributed by atoms with Crippen LogP contribution in [0.15, 0.2) is 42.5 Å². The van der Waals surface area contributed by atoms with Crippen LogP contribution in [0, 0.1) is 11.3 Å². The van der Waals surface area contributed by atoms with E-state index < -0.39 is 17.5 Å². The van der Waals surface area contributed by atoms with Gasteiger partial charge in [-0.1, -0.05) is 12.1 Å². The van der Waals surface area contributed by atoms with Crippen LogP contribution in [0.2, 0.25) is 0 Å². The number of rotatable bonds is 4. The molecular weight excluding hydrogens is 358 g/mol. The molecule has 0 bridgehead atoms. The van der Waals surface area contributed by atoms with Gasteiger partial charge in [-0.3, -0.25) is 14.5 Å². The fourth-order valence-corrected chi connectivity index (χ4v) is 3.53. The zero-order valence-corrected chi connectivity index (χ0v) is 15.2. The lowest BCUT2D eigenvalue weighted by atomic mass is 9.91. The molecule has 0 spiro atoms. The van der Waals surface area contributed by atoms with Crippen LogP contribution in [-0.4, -0.2) is 35.8 Å². The molecule has 2 heterocycles. The van der Waals surface area contributed by atoms with Gasteiger partial charge in [0.15, 0.2) is 5.78 Å². The fraction of sp³-hybridized carbons (Fsp3) is 0.238. The van der Waals surface area contributed by atoms with Gasteiger partial charge in [0.2, 0.25) is 0 Å². The minimum absolute atomic E-state index is 0.326. The highest BCUT2D eigenvalue weighted by molar-refractivity contribution is 6.11. The highest BCUT2D eigenvalue weighted by atomic mass is 16.5. The van der Waals surface area contributed by atoms with Crippen molar-refractivity contribution in [2.75, 3.05) is 13.2 Å². The van der Waals surface area contributed by atoms with Crippen LogP contribution in [-0.2, 0) is 16.8 Å². The van der Waals surface area contributed by atoms with Gasteiger partial charge in [-0.2, -0.15) is 5.26 Å². The van der Waals surface area contributed by atoms with Crippen molar-refractivity contribution < 1.29 is 19.1 Å². The molecule has 0 aliphatic carbocycles. The Labute approximate surface area is 161 Å². The highest BCUT2D eigenvalue weighted by Gasteiger charge is 2.49. The van der Waals surface area contributed by atoms with Gasteiger partial charge in [0.25, 0.3) is 5.91 Å². The molecule has 140 valence electrons. The maximum Gasteiger partial charge on any atom is 0.325 e. The molecule has 1 saturated heterocycles. The third kappa shape index (κ3) is 2.79. The largest absolute Gasteiger partial charge is 0.493 e. The van der Waals surface area contributed by atoms with E-state index in [-0.39, 0.29) is 12.3 Å². The Morgan fingerprint density at radius 1 is 1.29 bits per heavy atom. The number of carbonyl (C=O) groups excluding carboxylic acids is 3. The second-order valence-electron chi connectivity index (χ2n) is 6.98. The molecule has 0 saturated carbocycles. The quantitative estimate of drug-likeness (QED) is 0.652. The predicted octanol–water partition coefficient (Wildman–Crippen LogP) is 2.14. The van der Waals surface area contributed by atoms with E-state index >= 15 is 0 Å². The first-order valence-electron chi connectivity index (χ1n) is 8.86. The van der Waals surface area contributed by atoms with E-state index in [1.807, 2.05) is 6.07 Å². The topological polar surface area (TPSA) is 99.5 Å². The van der Waals surface area contributed by atoms with Crippen molar-refractivity contribution in [3.05, 3.63) is 64.7 Å². The molecule has 4 rings (SSSR count). The van der Waals surface area contributed by atoms with Crippen LogP contribution < -0.4 is 10.1 Å². The second kappa shape index (κ2) is 6.50. The molecule has 2 aromatic carbocycles. The number of nitrogens with one attached hydrogen (secondary N) is 1. The Morgan fingerprint density at radius 2 is 2.11 bits per heavy atom. The van der Waals surface area contributed by atoms with Gasteiger partial charge in [-0.05, 0) is 48.4 Å². The van der Waals surface area contributed by atoms with E-state index in [2.05, 4.69) is 5.32 Å². The summed E-state index contributed by atoms with van der Waals surface area (Å²) in [6, 6.07) is 13.0. The van der Waals surface area contributed by atoms with Gasteiger partial charge in [0.05, 0.1) is 24.8 Å². The summed E-state index contributed by atoms with van der Waals surface area (Å²) in [4.78, 5) is 39.0. The Balaban J connectivity index is 1.57. The number of hydrogen-bond donors (Lipinski definition) is 1. The standard InChI is InChI=1S/C21H17N3O4/c1-21(16-4-2-3-13(9-16)11-22)19(26)24(20(27)23-21)12-17(25)14-5-6-18-15(10-14)7-8-28-18/h2-6,9-10H,7-8,12H2,1H3,(H,23,27)/t21-/m1/s1. The lowest BCUT2D eigenvalue weighted by Gasteiger charge is -2.22. The number of ketones is 1. The number of hydrogen-bond acceptors (Lipinski definition) is 5. The van der Waals surface area contributed by atoms with E-state index in [9.17, 15) is 14.4 Å². The monoisotopic (exact) mass is 375 g/mol. The van der Waals surface area contributed by atoms with Crippen molar-refractivity contribution in [2.45, 2.75) is 18.9 Å². The SMILES string of the molecule is C[C@]1(c2cccc(C#N)c2)NC(=O)N(CC(=O)c2ccc3c(c2)CCO3)C1=O. The van der Waals surface area contributed by atoms with E-state index in [0.29, 0.717) is 23.3 Å². The Hall–Kier alpha value is -3.66. The molecule has 1 fully saturated rings. The number of ether oxygens (including phenoxy) is 1. The van der Waals surface area contributed by atoms with Crippen molar-refractivity contribution in [1.82, 2.24) is 10.2 Å². The second-order valence-corrected chi connectivity index (χ2v) is 6.98. The zero-order valence-electron chi connectivity index (χ0n) is 15.2. The highest BCUT2D eigenvalue weighted by Crippen LogP contribution is 2.30. The zero-order chi connectivity index (χ0) is 19.9. The van der Waals surface area contributed by atoms with E-state index in [1.165, 1.54) is 0 Å². The third-order valence-electron chi connectivity index (χ3n) is 5.16. The molecule has 1 atom stereocenters. The molecule has 7 heteroatoms. The number of fused-ring (bicyclic) bond motifs is 1. The Kier molecular flexibility index (Phi) is 4.12. The summed E-state index contributed by atoms with van der Waals surface area (Å²) in [7, 11) is 0. The molecule has 0 unspecified atom stereocenters. The summed E-state index contributed by atoms with van der Waals surface area (Å²) in [5, 5.41) is 11.7. The lowest BCUT2D eigenvalue weighted by molar-refractivity contribution is -0.130. The van der Waals surface area contributed by atoms with Gasteiger partial charge in [-0.15, -0.1) is 0 Å². The number of urea groups is 1. The van der Waals surface area contributed by atoms with E-state index in [4.69, 9.17) is 10.00 Å². The predicted molar refractivity (Wildman–Crippen MR) is 98.7 cm³/mol. The Morgan fingerprint density at radius 3 is 2.89 bits per heavy atom. The van der Waals surface area contributed by atoms with Crippen molar-refractivity contribution in [3.63, 3.8) is 0 Å². The Bertz CT molecular complexity index is 1060. The van der Waals surface area contributed by atoms with Gasteiger partial charge in [-0.25, -0.2) is 4.79 Å². The fourth-order valence-electron chi connectivity index (χ4n) is 3.53. The summed E-state index contributed by atoms with van der Waals surface area (Å²) in [5.74, 6) is -0.0878. The van der Waals surface area contributed by atoms with Crippen LogP contribution in [0.5, 0.6) is 5.75 Å². The summed E-state index contributed by atoms with van der Waals surface area (Å²) >= 11 is 0. The van der Waals surface area contributed by atoms with E-state index in [0.717, 1.165) is 22.6 Å². The molecule has 0 aromatic heterocycles. The van der Waals surface area contributed by atoms with E-state index in [1.54, 1.807) is 49.4 Å². The molecule has 28 heavy (non-hydrogen) atoms. The number of amides is 3. The number of carbonyl (C=O) groups is 3. The molecule has 7 nitrogen and oxygen atoms in total. The summed E-state index contributed by atoms with van der Waals surface area (Å²) in [6.45, 7) is 1.80. The molecule has 1 N–H and O–H groups in total. The van der Waals surface area contributed by atoms with Gasteiger partial charge in [0, 0.05) is 12.0 Å². The van der Waals surface area contributed by atoms with Crippen LogP contribution in [0.25, 0.3) is 0 Å². The number of Topliss-reactive ketones (excluding diaryl/α,β-unsaturated/α-hetero) is 1. The summed E-state index contributed by atoms with van der Waals surface area (Å²) < 4.78 is 5.43. The number of benzene rings is 2. The van der Waals surface area contributed by atoms with Crippen LogP contribution in [0.3, 0.4) is 0 Å². The number of nitrogens with zero attached hydrogens (tertiary/aromatic N) is 2. The number of imide groups is 1.